The van der Waals surface area contributed by atoms with E-state index in [1.54, 1.807) is 7.11 Å². The molecule has 0 saturated heterocycles. The number of hydrogen-bond donors (Lipinski definition) is 1. The van der Waals surface area contributed by atoms with Crippen molar-refractivity contribution >= 4 is 0 Å². The number of ether oxygens (including phenoxy) is 1. The van der Waals surface area contributed by atoms with E-state index in [9.17, 15) is 0 Å². The SMILES string of the molecule is CNCc1nnn(CCCN(C)C)c1C(C)OC. The average Bonchev–Trinajstić information content (AvgIpc) is 2.71. The molecule has 104 valence electrons. The minimum absolute atomic E-state index is 0.0164. The molecule has 18 heavy (non-hydrogen) atoms. The lowest BCUT2D eigenvalue weighted by Crippen LogP contribution is -2.18. The molecule has 1 atom stereocenters. The van der Waals surface area contributed by atoms with Crippen LogP contribution in [0.15, 0.2) is 0 Å². The first-order valence-electron chi connectivity index (χ1n) is 6.34. The third-order valence-electron chi connectivity index (χ3n) is 2.91. The lowest BCUT2D eigenvalue weighted by Gasteiger charge is -2.14. The quantitative estimate of drug-likeness (QED) is 0.739. The molecule has 6 nitrogen and oxygen atoms in total. The molecule has 0 bridgehead atoms. The lowest BCUT2D eigenvalue weighted by molar-refractivity contribution is 0.110. The topological polar surface area (TPSA) is 55.2 Å². The van der Waals surface area contributed by atoms with E-state index in [0.717, 1.165) is 37.4 Å². The molecule has 1 aromatic rings. The Kier molecular flexibility index (Phi) is 6.24. The molecule has 0 saturated carbocycles. The number of rotatable bonds is 8. The minimum atomic E-state index is 0.0164. The van der Waals surface area contributed by atoms with E-state index in [4.69, 9.17) is 4.74 Å². The van der Waals surface area contributed by atoms with Crippen LogP contribution in [0.1, 0.15) is 30.8 Å². The maximum atomic E-state index is 5.41. The molecule has 0 radical (unpaired) electrons. The van der Waals surface area contributed by atoms with Gasteiger partial charge in [-0.3, -0.25) is 0 Å². The van der Waals surface area contributed by atoms with Gasteiger partial charge in [0.1, 0.15) is 5.69 Å². The largest absolute Gasteiger partial charge is 0.375 e. The van der Waals surface area contributed by atoms with Crippen LogP contribution in [0.4, 0.5) is 0 Å². The van der Waals surface area contributed by atoms with Gasteiger partial charge in [-0.05, 0) is 41.0 Å². The zero-order valence-electron chi connectivity index (χ0n) is 12.1. The van der Waals surface area contributed by atoms with Crippen LogP contribution in [0.5, 0.6) is 0 Å². The fourth-order valence-corrected chi connectivity index (χ4v) is 1.91. The van der Waals surface area contributed by atoms with Crippen molar-refractivity contribution in [2.24, 2.45) is 0 Å². The van der Waals surface area contributed by atoms with Gasteiger partial charge in [-0.1, -0.05) is 5.21 Å². The number of nitrogens with one attached hydrogen (secondary N) is 1. The van der Waals surface area contributed by atoms with Crippen LogP contribution in [-0.4, -0.2) is 54.7 Å². The van der Waals surface area contributed by atoms with E-state index in [1.807, 2.05) is 18.7 Å². The molecule has 6 heteroatoms. The Balaban J connectivity index is 2.76. The monoisotopic (exact) mass is 255 g/mol. The fraction of sp³-hybridized carbons (Fsp3) is 0.833. The van der Waals surface area contributed by atoms with Gasteiger partial charge in [-0.15, -0.1) is 5.10 Å². The predicted octanol–water partition coefficient (Wildman–Crippen LogP) is 0.657. The molecule has 1 aromatic heterocycles. The third-order valence-corrected chi connectivity index (χ3v) is 2.91. The molecule has 0 spiro atoms. The van der Waals surface area contributed by atoms with Gasteiger partial charge < -0.3 is 15.0 Å². The maximum absolute atomic E-state index is 5.41. The molecular formula is C12H25N5O. The maximum Gasteiger partial charge on any atom is 0.102 e. The summed E-state index contributed by atoms with van der Waals surface area (Å²) in [6.07, 6.45) is 1.07. The van der Waals surface area contributed by atoms with Gasteiger partial charge in [0.2, 0.25) is 0 Å². The molecule has 1 unspecified atom stereocenters. The van der Waals surface area contributed by atoms with E-state index in [-0.39, 0.29) is 6.10 Å². The van der Waals surface area contributed by atoms with Crippen LogP contribution in [-0.2, 0) is 17.8 Å². The van der Waals surface area contributed by atoms with Crippen molar-refractivity contribution in [2.45, 2.75) is 32.5 Å². The molecule has 0 aliphatic rings. The number of aromatic nitrogens is 3. The number of methoxy groups -OCH3 is 1. The van der Waals surface area contributed by atoms with Gasteiger partial charge in [0.25, 0.3) is 0 Å². The molecule has 0 aliphatic heterocycles. The smallest absolute Gasteiger partial charge is 0.102 e. The van der Waals surface area contributed by atoms with Crippen molar-refractivity contribution in [1.29, 1.82) is 0 Å². The second kappa shape index (κ2) is 7.45. The van der Waals surface area contributed by atoms with Gasteiger partial charge in [-0.2, -0.15) is 0 Å². The van der Waals surface area contributed by atoms with E-state index in [2.05, 4.69) is 34.6 Å². The van der Waals surface area contributed by atoms with Gasteiger partial charge in [-0.25, -0.2) is 4.68 Å². The highest BCUT2D eigenvalue weighted by atomic mass is 16.5. The zero-order chi connectivity index (χ0) is 13.5. The molecule has 0 aromatic carbocycles. The first kappa shape index (κ1) is 15.1. The molecule has 1 N–H and O–H groups in total. The van der Waals surface area contributed by atoms with Crippen molar-refractivity contribution in [1.82, 2.24) is 25.2 Å². The zero-order valence-corrected chi connectivity index (χ0v) is 12.1. The Morgan fingerprint density at radius 1 is 1.44 bits per heavy atom. The van der Waals surface area contributed by atoms with Crippen molar-refractivity contribution in [3.8, 4) is 0 Å². The molecular weight excluding hydrogens is 230 g/mol. The van der Waals surface area contributed by atoms with Crippen LogP contribution in [0.2, 0.25) is 0 Å². The average molecular weight is 255 g/mol. The Morgan fingerprint density at radius 2 is 2.17 bits per heavy atom. The molecule has 1 rings (SSSR count). The summed E-state index contributed by atoms with van der Waals surface area (Å²) in [5.41, 5.74) is 2.04. The van der Waals surface area contributed by atoms with Crippen LogP contribution < -0.4 is 5.32 Å². The second-order valence-corrected chi connectivity index (χ2v) is 4.71. The first-order valence-corrected chi connectivity index (χ1v) is 6.34. The molecule has 0 fully saturated rings. The van der Waals surface area contributed by atoms with Crippen LogP contribution in [0.3, 0.4) is 0 Å². The summed E-state index contributed by atoms with van der Waals surface area (Å²) in [5.74, 6) is 0. The highest BCUT2D eigenvalue weighted by Crippen LogP contribution is 2.19. The standard InChI is InChI=1S/C12H25N5O/c1-10(18-5)12-11(9-13-2)14-15-17(12)8-6-7-16(3)4/h10,13H,6-9H2,1-5H3. The number of nitrogens with zero attached hydrogens (tertiary/aromatic N) is 4. The summed E-state index contributed by atoms with van der Waals surface area (Å²) >= 11 is 0. The second-order valence-electron chi connectivity index (χ2n) is 4.71. The van der Waals surface area contributed by atoms with Crippen molar-refractivity contribution in [3.63, 3.8) is 0 Å². The van der Waals surface area contributed by atoms with Crippen molar-refractivity contribution in [3.05, 3.63) is 11.4 Å². The summed E-state index contributed by atoms with van der Waals surface area (Å²) < 4.78 is 7.37. The Bertz CT molecular complexity index is 350. The van der Waals surface area contributed by atoms with E-state index in [0.29, 0.717) is 0 Å². The summed E-state index contributed by atoms with van der Waals surface area (Å²) in [6.45, 7) is 4.66. The summed E-state index contributed by atoms with van der Waals surface area (Å²) in [5, 5.41) is 11.6. The van der Waals surface area contributed by atoms with Gasteiger partial charge >= 0.3 is 0 Å². The molecule has 1 heterocycles. The Labute approximate surface area is 109 Å². The minimum Gasteiger partial charge on any atom is -0.375 e. The van der Waals surface area contributed by atoms with Gasteiger partial charge in [0, 0.05) is 20.2 Å². The molecule has 0 amide bonds. The normalized spacial score (nSPS) is 13.2. The van der Waals surface area contributed by atoms with E-state index in [1.165, 1.54) is 0 Å². The van der Waals surface area contributed by atoms with E-state index >= 15 is 0 Å². The predicted molar refractivity (Wildman–Crippen MR) is 71.4 cm³/mol. The highest BCUT2D eigenvalue weighted by molar-refractivity contribution is 5.13. The summed E-state index contributed by atoms with van der Waals surface area (Å²) in [6, 6.07) is 0. The fourth-order valence-electron chi connectivity index (χ4n) is 1.91. The van der Waals surface area contributed by atoms with Crippen LogP contribution in [0, 0.1) is 0 Å². The van der Waals surface area contributed by atoms with Gasteiger partial charge in [0.15, 0.2) is 0 Å². The van der Waals surface area contributed by atoms with Crippen LogP contribution >= 0.6 is 0 Å². The Morgan fingerprint density at radius 3 is 2.72 bits per heavy atom. The summed E-state index contributed by atoms with van der Waals surface area (Å²) in [7, 11) is 7.77. The molecule has 0 aliphatic carbocycles. The van der Waals surface area contributed by atoms with Crippen LogP contribution in [0.25, 0.3) is 0 Å². The van der Waals surface area contributed by atoms with Gasteiger partial charge in [0.05, 0.1) is 11.8 Å². The first-order chi connectivity index (χ1) is 8.60. The summed E-state index contributed by atoms with van der Waals surface area (Å²) in [4.78, 5) is 2.17. The van der Waals surface area contributed by atoms with Crippen molar-refractivity contribution in [2.75, 3.05) is 34.8 Å². The highest BCUT2D eigenvalue weighted by Gasteiger charge is 2.18. The number of aryl methyl sites for hydroxylation is 1. The Hall–Kier alpha value is -0.980. The third kappa shape index (κ3) is 4.04. The number of hydrogen-bond acceptors (Lipinski definition) is 5. The van der Waals surface area contributed by atoms with E-state index < -0.39 is 0 Å². The lowest BCUT2D eigenvalue weighted by atomic mass is 10.2. The van der Waals surface area contributed by atoms with Crippen molar-refractivity contribution < 1.29 is 4.74 Å².